The Morgan fingerprint density at radius 1 is 0.345 bits per heavy atom. The molecule has 0 aliphatic heterocycles. The molecule has 0 spiro atoms. The number of hydrogen-bond donors (Lipinski definition) is 0. The Balaban J connectivity index is 0.00000240. The average molecular weight is 464 g/mol. The summed E-state index contributed by atoms with van der Waals surface area (Å²) in [7, 11) is -1.57. The van der Waals surface area contributed by atoms with E-state index in [2.05, 4.69) is 121 Å². The minimum atomic E-state index is -0.783. The summed E-state index contributed by atoms with van der Waals surface area (Å²) in [4.78, 5) is 0. The molecule has 0 atom stereocenters. The van der Waals surface area contributed by atoms with Crippen LogP contribution in [0.1, 0.15) is 0 Å². The van der Waals surface area contributed by atoms with E-state index in [4.69, 9.17) is 0 Å². The van der Waals surface area contributed by atoms with E-state index in [-0.39, 0.29) is 17.1 Å². The fraction of sp³-hybridized carbons (Fsp3) is 0.0769. The third-order valence-corrected chi connectivity index (χ3v) is 11.2. The molecule has 0 aliphatic rings. The summed E-state index contributed by atoms with van der Waals surface area (Å²) < 4.78 is 0. The monoisotopic (exact) mass is 463 g/mol. The predicted molar refractivity (Wildman–Crippen MR) is 131 cm³/mol. The first kappa shape index (κ1) is 22.0. The molecule has 0 bridgehead atoms. The quantitative estimate of drug-likeness (QED) is 0.275. The van der Waals surface area contributed by atoms with E-state index in [1.165, 1.54) is 33.5 Å². The zero-order valence-corrected chi connectivity index (χ0v) is 19.2. The van der Waals surface area contributed by atoms with Crippen molar-refractivity contribution in [2.75, 3.05) is 12.3 Å². The van der Waals surface area contributed by atoms with Gasteiger partial charge < -0.3 is 0 Å². The van der Waals surface area contributed by atoms with Gasteiger partial charge in [-0.3, -0.25) is 0 Å². The number of benzene rings is 4. The molecule has 149 valence electrons. The molecule has 0 aliphatic carbocycles. The smallest absolute Gasteiger partial charge is 0.0620 e. The topological polar surface area (TPSA) is 0 Å². The maximum atomic E-state index is 2.32. The van der Waals surface area contributed by atoms with Crippen LogP contribution in [0.15, 0.2) is 121 Å². The second kappa shape index (κ2) is 11.4. The number of rotatable bonds is 7. The van der Waals surface area contributed by atoms with E-state index in [1.807, 2.05) is 0 Å². The molecule has 0 saturated heterocycles. The van der Waals surface area contributed by atoms with Gasteiger partial charge in [0.2, 0.25) is 0 Å². The normalized spacial score (nSPS) is 10.7. The zero-order chi connectivity index (χ0) is 19.0. The van der Waals surface area contributed by atoms with Crippen molar-refractivity contribution in [3.8, 4) is 0 Å². The van der Waals surface area contributed by atoms with Gasteiger partial charge in [-0.15, -0.1) is 0 Å². The standard InChI is InChI=1S/C26H24P2.Cu/c1-5-13-23(14-6-1)27(24-15-7-2-8-16-24)21-22-28(25-17-9-3-10-18-25)26-19-11-4-12-20-26;/h1-20H,21-22H2;/p+2. The summed E-state index contributed by atoms with van der Waals surface area (Å²) in [5, 5.41) is 6.06. The summed E-state index contributed by atoms with van der Waals surface area (Å²) in [5.41, 5.74) is 0. The van der Waals surface area contributed by atoms with E-state index in [0.29, 0.717) is 0 Å². The molecule has 4 rings (SSSR count). The van der Waals surface area contributed by atoms with Gasteiger partial charge in [0, 0.05) is 17.1 Å². The predicted octanol–water partition coefficient (Wildman–Crippen LogP) is 4.71. The van der Waals surface area contributed by atoms with Crippen molar-refractivity contribution in [2.24, 2.45) is 0 Å². The summed E-state index contributed by atoms with van der Waals surface area (Å²) in [6.07, 6.45) is 2.52. The second-order valence-electron chi connectivity index (χ2n) is 6.92. The molecule has 0 unspecified atom stereocenters. The fourth-order valence-corrected chi connectivity index (χ4v) is 9.92. The van der Waals surface area contributed by atoms with Gasteiger partial charge >= 0.3 is 0 Å². The van der Waals surface area contributed by atoms with Gasteiger partial charge in [0.1, 0.15) is 12.3 Å². The molecule has 0 fully saturated rings. The molecule has 3 heteroatoms. The van der Waals surface area contributed by atoms with Gasteiger partial charge in [-0.1, -0.05) is 72.8 Å². The fourth-order valence-electron chi connectivity index (χ4n) is 3.72. The average Bonchev–Trinajstić information content (AvgIpc) is 2.79. The number of hydrogen-bond acceptors (Lipinski definition) is 0. The Kier molecular flexibility index (Phi) is 8.67. The molecule has 0 amide bonds. The molecule has 0 heterocycles. The Hall–Kier alpha value is -1.74. The molecule has 0 nitrogen and oxygen atoms in total. The van der Waals surface area contributed by atoms with Crippen LogP contribution in [-0.2, 0) is 17.1 Å². The van der Waals surface area contributed by atoms with Gasteiger partial charge in [-0.2, -0.15) is 0 Å². The van der Waals surface area contributed by atoms with E-state index in [9.17, 15) is 0 Å². The molecule has 4 aromatic carbocycles. The van der Waals surface area contributed by atoms with Crippen LogP contribution in [0, 0.1) is 0 Å². The Morgan fingerprint density at radius 3 is 0.759 bits per heavy atom. The molecule has 4 aromatic rings. The van der Waals surface area contributed by atoms with Crippen LogP contribution in [0.5, 0.6) is 0 Å². The zero-order valence-electron chi connectivity index (χ0n) is 16.3. The van der Waals surface area contributed by atoms with Gasteiger partial charge in [0.25, 0.3) is 0 Å². The first-order chi connectivity index (χ1) is 13.9. The Labute approximate surface area is 187 Å². The summed E-state index contributed by atoms with van der Waals surface area (Å²) in [5.74, 6) is 0. The molecular formula is C26H26CuP2+2. The van der Waals surface area contributed by atoms with Crippen LogP contribution in [0.2, 0.25) is 0 Å². The van der Waals surface area contributed by atoms with Gasteiger partial charge in [-0.05, 0) is 48.5 Å². The van der Waals surface area contributed by atoms with Crippen molar-refractivity contribution in [2.45, 2.75) is 0 Å². The third kappa shape index (κ3) is 5.88. The second-order valence-corrected chi connectivity index (χ2v) is 12.1. The van der Waals surface area contributed by atoms with Crippen LogP contribution in [0.4, 0.5) is 0 Å². The van der Waals surface area contributed by atoms with Crippen molar-refractivity contribution in [3.05, 3.63) is 121 Å². The molecule has 1 radical (unpaired) electrons. The minimum Gasteiger partial charge on any atom is -0.0620 e. The van der Waals surface area contributed by atoms with Crippen LogP contribution in [0.3, 0.4) is 0 Å². The van der Waals surface area contributed by atoms with Gasteiger partial charge in [0.15, 0.2) is 0 Å². The third-order valence-electron chi connectivity index (χ3n) is 5.11. The van der Waals surface area contributed by atoms with Crippen molar-refractivity contribution < 1.29 is 17.1 Å². The molecular weight excluding hydrogens is 438 g/mol. The van der Waals surface area contributed by atoms with Gasteiger partial charge in [-0.25, -0.2) is 0 Å². The molecule has 29 heavy (non-hydrogen) atoms. The Bertz CT molecular complexity index is 798. The molecule has 0 saturated carbocycles. The summed E-state index contributed by atoms with van der Waals surface area (Å²) >= 11 is 0. The van der Waals surface area contributed by atoms with Crippen LogP contribution in [0.25, 0.3) is 0 Å². The van der Waals surface area contributed by atoms with E-state index in [1.54, 1.807) is 0 Å². The molecule has 0 aromatic heterocycles. The van der Waals surface area contributed by atoms with Gasteiger partial charge in [0.05, 0.1) is 37.1 Å². The van der Waals surface area contributed by atoms with Crippen LogP contribution < -0.4 is 21.2 Å². The largest absolute Gasteiger partial charge is 0.101 e. The first-order valence-electron chi connectivity index (χ1n) is 9.85. The Morgan fingerprint density at radius 2 is 0.552 bits per heavy atom. The molecule has 0 N–H and O–H groups in total. The van der Waals surface area contributed by atoms with Crippen LogP contribution >= 0.6 is 15.8 Å². The van der Waals surface area contributed by atoms with E-state index < -0.39 is 15.8 Å². The van der Waals surface area contributed by atoms with Crippen LogP contribution in [-0.4, -0.2) is 12.3 Å². The SMILES string of the molecule is [Cu].c1ccc([PH+](CC[PH+](c2ccccc2)c2ccccc2)c2ccccc2)cc1. The minimum absolute atomic E-state index is 0. The maximum Gasteiger partial charge on any atom is 0.101 e. The summed E-state index contributed by atoms with van der Waals surface area (Å²) in [6.45, 7) is 0. The first-order valence-corrected chi connectivity index (χ1v) is 13.3. The van der Waals surface area contributed by atoms with Crippen molar-refractivity contribution in [3.63, 3.8) is 0 Å². The maximum absolute atomic E-state index is 2.32. The van der Waals surface area contributed by atoms with Crippen molar-refractivity contribution in [1.82, 2.24) is 0 Å². The van der Waals surface area contributed by atoms with E-state index >= 15 is 0 Å². The summed E-state index contributed by atoms with van der Waals surface area (Å²) in [6, 6.07) is 44.5. The van der Waals surface area contributed by atoms with E-state index in [0.717, 1.165) is 0 Å². The van der Waals surface area contributed by atoms with Crippen molar-refractivity contribution in [1.29, 1.82) is 0 Å². The van der Waals surface area contributed by atoms with Crippen molar-refractivity contribution >= 4 is 37.1 Å².